The number of aromatic nitrogens is 5. The first-order chi connectivity index (χ1) is 28.9. The number of sulfonamides is 1. The number of nitrogens with one attached hydrogen (secondary N) is 3. The van der Waals surface area contributed by atoms with E-state index in [0.29, 0.717) is 54.2 Å². The van der Waals surface area contributed by atoms with Crippen molar-refractivity contribution in [3.05, 3.63) is 85.6 Å². The van der Waals surface area contributed by atoms with Gasteiger partial charge in [-0.2, -0.15) is 4.98 Å². The highest BCUT2D eigenvalue weighted by Gasteiger charge is 2.31. The van der Waals surface area contributed by atoms with Crippen LogP contribution in [0.3, 0.4) is 0 Å². The second-order valence-corrected chi connectivity index (χ2v) is 17.2. The molecule has 1 unspecified atom stereocenters. The zero-order valence-corrected chi connectivity index (χ0v) is 35.1. The summed E-state index contributed by atoms with van der Waals surface area (Å²) in [5, 5.41) is 6.29. The molecule has 60 heavy (non-hydrogen) atoms. The number of piperidine rings is 1. The Hall–Kier alpha value is -4.98. The summed E-state index contributed by atoms with van der Waals surface area (Å²) in [5.74, 6) is -0.504. The number of benzene rings is 2. The number of rotatable bonds is 19. The molecule has 5 aromatic rings. The molecule has 3 N–H and O–H groups in total. The van der Waals surface area contributed by atoms with Gasteiger partial charge in [0.15, 0.2) is 0 Å². The lowest BCUT2D eigenvalue weighted by molar-refractivity contribution is -0.135. The van der Waals surface area contributed by atoms with E-state index in [1.54, 1.807) is 42.9 Å². The van der Waals surface area contributed by atoms with E-state index in [0.717, 1.165) is 49.6 Å². The summed E-state index contributed by atoms with van der Waals surface area (Å²) in [6.45, 7) is 3.95. The Balaban J connectivity index is 0.778. The maximum atomic E-state index is 13.0. The van der Waals surface area contributed by atoms with E-state index in [-0.39, 0.29) is 71.7 Å². The molecule has 1 aliphatic heterocycles. The molecule has 0 radical (unpaired) electrons. The predicted octanol–water partition coefficient (Wildman–Crippen LogP) is 4.20. The molecule has 1 saturated heterocycles. The molecule has 320 valence electrons. The number of halogens is 1. The molecule has 19 heteroatoms. The second kappa shape index (κ2) is 19.2. The fraction of sp³-hybridized carbons (Fsp3) is 0.463. The van der Waals surface area contributed by atoms with Gasteiger partial charge in [-0.05, 0) is 86.6 Å². The van der Waals surface area contributed by atoms with E-state index in [1.165, 1.54) is 15.2 Å². The molecule has 2 aliphatic rings. The van der Waals surface area contributed by atoms with E-state index in [4.69, 9.17) is 25.8 Å². The number of hydrogen-bond acceptors (Lipinski definition) is 12. The van der Waals surface area contributed by atoms with Gasteiger partial charge in [0, 0.05) is 49.9 Å². The van der Waals surface area contributed by atoms with E-state index in [1.807, 2.05) is 18.2 Å². The molecule has 0 spiro atoms. The van der Waals surface area contributed by atoms with Crippen molar-refractivity contribution in [1.29, 1.82) is 0 Å². The van der Waals surface area contributed by atoms with Gasteiger partial charge >= 0.3 is 5.69 Å². The highest BCUT2D eigenvalue weighted by atomic mass is 35.5. The molecule has 7 rings (SSSR count). The number of imide groups is 1. The standard InChI is InChI=1S/C41H49ClN8O9S/c1-26-22-30(10-11-32(26)45-40-43-25-28-24-31(42)39(53)49(37(28)47-40)29-7-3-4-8-29)60(55,56)44-15-17-58-19-21-59-20-18-57-16-5-6-27-9-12-33-35(23-27)48(2)41(54)50(33)34-13-14-36(51)46-38(34)52/h9-12,22-25,29,34,44H,3-8,13-21H2,1-2H3,(H,43,45,47)(H,46,51,52). The normalized spacial score (nSPS) is 16.3. The van der Waals surface area contributed by atoms with Crippen LogP contribution in [-0.4, -0.2) is 90.1 Å². The fourth-order valence-corrected chi connectivity index (χ4v) is 9.06. The summed E-state index contributed by atoms with van der Waals surface area (Å²) in [7, 11) is -2.13. The van der Waals surface area contributed by atoms with Crippen molar-refractivity contribution in [3.8, 4) is 0 Å². The van der Waals surface area contributed by atoms with Crippen LogP contribution in [-0.2, 0) is 47.3 Å². The Morgan fingerprint density at radius 2 is 1.62 bits per heavy atom. The lowest BCUT2D eigenvalue weighted by Gasteiger charge is -2.21. The number of carbonyl (C=O) groups is 2. The van der Waals surface area contributed by atoms with Crippen molar-refractivity contribution in [3.63, 3.8) is 0 Å². The lowest BCUT2D eigenvalue weighted by Crippen LogP contribution is -2.44. The Morgan fingerprint density at radius 1 is 0.883 bits per heavy atom. The Bertz CT molecular complexity index is 2620. The van der Waals surface area contributed by atoms with E-state index >= 15 is 0 Å². The number of imidazole rings is 1. The summed E-state index contributed by atoms with van der Waals surface area (Å²) in [6.07, 6.45) is 7.44. The number of anilines is 2. The molecule has 17 nitrogen and oxygen atoms in total. The second-order valence-electron chi connectivity index (χ2n) is 15.0. The SMILES string of the molecule is Cc1cc(S(=O)(=O)NCCOCCOCCOCCCc2ccc3c(c2)n(C)c(=O)n3C2CCC(=O)NC2=O)ccc1Nc1ncc2cc(Cl)c(=O)n(C3CCCC3)c2n1. The summed E-state index contributed by atoms with van der Waals surface area (Å²) >= 11 is 6.25. The lowest BCUT2D eigenvalue weighted by atomic mass is 10.1. The zero-order chi connectivity index (χ0) is 42.4. The number of aryl methyl sites for hydroxylation is 3. The minimum atomic E-state index is -3.80. The zero-order valence-electron chi connectivity index (χ0n) is 33.6. The highest BCUT2D eigenvalue weighted by molar-refractivity contribution is 7.89. The predicted molar refractivity (Wildman–Crippen MR) is 225 cm³/mol. The van der Waals surface area contributed by atoms with Crippen LogP contribution in [0.15, 0.2) is 63.1 Å². The molecular formula is C41H49ClN8O9S. The third kappa shape index (κ3) is 9.80. The van der Waals surface area contributed by atoms with Crippen LogP contribution in [0.5, 0.6) is 0 Å². The summed E-state index contributed by atoms with van der Waals surface area (Å²) in [4.78, 5) is 59.2. The highest BCUT2D eigenvalue weighted by Crippen LogP contribution is 2.32. The average molecular weight is 865 g/mol. The van der Waals surface area contributed by atoms with Crippen molar-refractivity contribution in [1.82, 2.24) is 33.7 Å². The van der Waals surface area contributed by atoms with Crippen LogP contribution >= 0.6 is 11.6 Å². The molecule has 2 amide bonds. The van der Waals surface area contributed by atoms with Gasteiger partial charge in [0.05, 0.1) is 49.0 Å². The summed E-state index contributed by atoms with van der Waals surface area (Å²) < 4.78 is 50.1. The molecule has 1 saturated carbocycles. The average Bonchev–Trinajstić information content (AvgIpc) is 3.84. The number of nitrogens with zero attached hydrogens (tertiary/aromatic N) is 5. The van der Waals surface area contributed by atoms with Crippen LogP contribution in [0.1, 0.15) is 68.2 Å². The number of ether oxygens (including phenoxy) is 3. The van der Waals surface area contributed by atoms with Gasteiger partial charge in [-0.3, -0.25) is 33.4 Å². The minimum absolute atomic E-state index is 0.0298. The van der Waals surface area contributed by atoms with E-state index < -0.39 is 22.0 Å². The van der Waals surface area contributed by atoms with E-state index in [2.05, 4.69) is 25.3 Å². The number of hydrogen-bond donors (Lipinski definition) is 3. The summed E-state index contributed by atoms with van der Waals surface area (Å²) in [6, 6.07) is 11.3. The molecule has 4 heterocycles. The van der Waals surface area contributed by atoms with Gasteiger partial charge in [0.25, 0.3) is 5.56 Å². The molecule has 1 aliphatic carbocycles. The van der Waals surface area contributed by atoms with Crippen LogP contribution in [0, 0.1) is 6.92 Å². The van der Waals surface area contributed by atoms with Crippen LogP contribution in [0.25, 0.3) is 22.1 Å². The topological polar surface area (TPSA) is 207 Å². The van der Waals surface area contributed by atoms with Gasteiger partial charge in [0.1, 0.15) is 16.7 Å². The van der Waals surface area contributed by atoms with Crippen LogP contribution in [0.4, 0.5) is 11.6 Å². The third-order valence-electron chi connectivity index (χ3n) is 10.9. The van der Waals surface area contributed by atoms with Gasteiger partial charge in [-0.25, -0.2) is 22.9 Å². The maximum absolute atomic E-state index is 13.0. The van der Waals surface area contributed by atoms with E-state index in [9.17, 15) is 27.6 Å². The molecule has 3 aromatic heterocycles. The maximum Gasteiger partial charge on any atom is 0.329 e. The quantitative estimate of drug-likeness (QED) is 0.0789. The monoisotopic (exact) mass is 864 g/mol. The van der Waals surface area contributed by atoms with Gasteiger partial charge < -0.3 is 19.5 Å². The largest absolute Gasteiger partial charge is 0.379 e. The van der Waals surface area contributed by atoms with Crippen molar-refractivity contribution in [2.75, 3.05) is 51.5 Å². The van der Waals surface area contributed by atoms with Gasteiger partial charge in [-0.15, -0.1) is 0 Å². The first-order valence-electron chi connectivity index (χ1n) is 20.1. The number of pyridine rings is 1. The van der Waals surface area contributed by atoms with Crippen molar-refractivity contribution >= 4 is 67.1 Å². The van der Waals surface area contributed by atoms with Crippen molar-refractivity contribution < 1.29 is 32.2 Å². The smallest absolute Gasteiger partial charge is 0.329 e. The Morgan fingerprint density at radius 3 is 2.35 bits per heavy atom. The molecule has 1 atom stereocenters. The molecule has 0 bridgehead atoms. The molecule has 2 aromatic carbocycles. The first-order valence-corrected chi connectivity index (χ1v) is 22.0. The van der Waals surface area contributed by atoms with Crippen LogP contribution < -0.4 is 26.6 Å². The number of amides is 2. The van der Waals surface area contributed by atoms with Gasteiger partial charge in [-0.1, -0.05) is 30.5 Å². The molecule has 2 fully saturated rings. The van der Waals surface area contributed by atoms with Crippen molar-refractivity contribution in [2.45, 2.75) is 75.3 Å². The molecular weight excluding hydrogens is 816 g/mol. The minimum Gasteiger partial charge on any atom is -0.379 e. The number of fused-ring (bicyclic) bond motifs is 2. The Labute approximate surface area is 351 Å². The van der Waals surface area contributed by atoms with Gasteiger partial charge in [0.2, 0.25) is 27.8 Å². The van der Waals surface area contributed by atoms with Crippen molar-refractivity contribution in [2.24, 2.45) is 7.05 Å². The fourth-order valence-electron chi connectivity index (χ4n) is 7.76. The van der Waals surface area contributed by atoms with Crippen LogP contribution in [0.2, 0.25) is 5.02 Å². The third-order valence-corrected chi connectivity index (χ3v) is 12.6. The number of carbonyl (C=O) groups excluding carboxylic acids is 2. The summed E-state index contributed by atoms with van der Waals surface area (Å²) in [5.41, 5.74) is 3.64. The Kier molecular flexibility index (Phi) is 13.8. The first kappa shape index (κ1) is 43.1.